The Hall–Kier alpha value is -1.35. The molecule has 3 N–H and O–H groups in total. The summed E-state index contributed by atoms with van der Waals surface area (Å²) < 4.78 is 221. The zero-order valence-electron chi connectivity index (χ0n) is 25.0. The second-order valence-electron chi connectivity index (χ2n) is 9.17. The lowest BCUT2D eigenvalue weighted by atomic mass is 9.98. The van der Waals surface area contributed by atoms with Gasteiger partial charge in [0, 0.05) is 26.0 Å². The molecule has 0 saturated carbocycles. The first kappa shape index (κ1) is 48.8. The van der Waals surface area contributed by atoms with Crippen molar-refractivity contribution in [2.24, 2.45) is 0 Å². The second-order valence-corrected chi connectivity index (χ2v) is 11.1. The van der Waals surface area contributed by atoms with Crippen molar-refractivity contribution >= 4 is 10.0 Å². The quantitative estimate of drug-likeness (QED) is 0.0992. The maximum Gasteiger partial charge on any atom is 0.431 e. The molecule has 0 aliphatic heterocycles. The summed E-state index contributed by atoms with van der Waals surface area (Å²) in [6, 6.07) is 0. The molecular formula is C23H37F14NO9S. The van der Waals surface area contributed by atoms with E-state index in [0.717, 1.165) is 0 Å². The Morgan fingerprint density at radius 1 is 0.458 bits per heavy atom. The molecule has 0 atom stereocenters. The van der Waals surface area contributed by atoms with E-state index < -0.39 is 90.8 Å². The highest BCUT2D eigenvalue weighted by Crippen LogP contribution is 2.49. The van der Waals surface area contributed by atoms with Crippen LogP contribution in [0.3, 0.4) is 0 Å². The van der Waals surface area contributed by atoms with E-state index in [0.29, 0.717) is 26.4 Å². The molecule has 0 amide bonds. The van der Waals surface area contributed by atoms with Gasteiger partial charge in [0.15, 0.2) is 0 Å². The Morgan fingerprint density at radius 3 is 1.08 bits per heavy atom. The number of alkyl halides is 14. The molecule has 0 aromatic carbocycles. The van der Waals surface area contributed by atoms with Gasteiger partial charge in [-0.1, -0.05) is 0 Å². The molecule has 0 rings (SSSR count). The fourth-order valence-electron chi connectivity index (χ4n) is 2.90. The molecule has 0 spiro atoms. The number of halogens is 14. The summed E-state index contributed by atoms with van der Waals surface area (Å²) in [4.78, 5) is 0. The minimum atomic E-state index is -6.28. The molecule has 0 radical (unpaired) electrons. The van der Waals surface area contributed by atoms with Crippen LogP contribution >= 0.6 is 0 Å². The highest BCUT2D eigenvalue weighted by atomic mass is 32.2. The smallest absolute Gasteiger partial charge is 0.395 e. The molecular weight excluding hydrogens is 732 g/mol. The van der Waals surface area contributed by atoms with Gasteiger partial charge in [0.05, 0.1) is 78.4 Å². The summed E-state index contributed by atoms with van der Waals surface area (Å²) in [5.74, 6) is -1.72. The molecule has 25 heteroatoms. The van der Waals surface area contributed by atoms with Crippen LogP contribution in [0.25, 0.3) is 0 Å². The summed E-state index contributed by atoms with van der Waals surface area (Å²) in [6.45, 7) is 0.284. The van der Waals surface area contributed by atoms with Crippen molar-refractivity contribution in [3.8, 4) is 0 Å². The average molecular weight is 770 g/mol. The van der Waals surface area contributed by atoms with E-state index in [2.05, 4.69) is 0 Å². The van der Waals surface area contributed by atoms with Crippen LogP contribution in [0.1, 0.15) is 19.3 Å². The Labute approximate surface area is 266 Å². The molecule has 0 aliphatic rings. The van der Waals surface area contributed by atoms with Gasteiger partial charge in [0.2, 0.25) is 10.0 Å². The van der Waals surface area contributed by atoms with Gasteiger partial charge in [-0.25, -0.2) is 21.9 Å². The standard InChI is InChI=1S/C16H27F7O6.C7H10F7NO3S/c17-14(15(18,19)20,16(21,22)23)2-1-4-25-6-8-27-10-12-29-13-11-28-9-7-26-5-3-24;8-5(6(9,10)11,7(12,13)14)1-4-19(17,18)15-2-3-16/h24H,1-13H2;15-16H,1-4H2. The van der Waals surface area contributed by atoms with Crippen molar-refractivity contribution in [2.45, 2.75) is 55.3 Å². The molecule has 0 fully saturated rings. The van der Waals surface area contributed by atoms with Crippen molar-refractivity contribution in [3.63, 3.8) is 0 Å². The van der Waals surface area contributed by atoms with E-state index in [-0.39, 0.29) is 39.6 Å². The first-order chi connectivity index (χ1) is 21.8. The van der Waals surface area contributed by atoms with Gasteiger partial charge >= 0.3 is 24.7 Å². The topological polar surface area (TPSA) is 133 Å². The van der Waals surface area contributed by atoms with Crippen molar-refractivity contribution in [3.05, 3.63) is 0 Å². The van der Waals surface area contributed by atoms with Crippen molar-refractivity contribution in [2.75, 3.05) is 91.6 Å². The lowest BCUT2D eigenvalue weighted by Gasteiger charge is -2.29. The van der Waals surface area contributed by atoms with E-state index in [1.54, 1.807) is 0 Å². The van der Waals surface area contributed by atoms with Gasteiger partial charge in [0.1, 0.15) is 0 Å². The maximum atomic E-state index is 13.3. The van der Waals surface area contributed by atoms with Gasteiger partial charge < -0.3 is 33.9 Å². The number of ether oxygens (including phenoxy) is 5. The Balaban J connectivity index is 0. The van der Waals surface area contributed by atoms with E-state index in [1.165, 1.54) is 4.72 Å². The lowest BCUT2D eigenvalue weighted by molar-refractivity contribution is -0.344. The second kappa shape index (κ2) is 22.5. The van der Waals surface area contributed by atoms with E-state index in [4.69, 9.17) is 33.9 Å². The van der Waals surface area contributed by atoms with Crippen LogP contribution in [0.5, 0.6) is 0 Å². The van der Waals surface area contributed by atoms with Crippen LogP contribution in [0.15, 0.2) is 0 Å². The van der Waals surface area contributed by atoms with Gasteiger partial charge in [-0.05, 0) is 6.42 Å². The Bertz CT molecular complexity index is 905. The monoisotopic (exact) mass is 769 g/mol. The number of sulfonamides is 1. The fraction of sp³-hybridized carbons (Fsp3) is 1.00. The summed E-state index contributed by atoms with van der Waals surface area (Å²) in [7, 11) is -4.55. The van der Waals surface area contributed by atoms with Gasteiger partial charge in [-0.2, -0.15) is 52.7 Å². The number of nitrogens with one attached hydrogen (secondary N) is 1. The Kier molecular flexibility index (Phi) is 22.8. The minimum absolute atomic E-state index is 0.0530. The maximum absolute atomic E-state index is 13.3. The third kappa shape index (κ3) is 19.2. The first-order valence-electron chi connectivity index (χ1n) is 13.6. The molecule has 0 heterocycles. The summed E-state index contributed by atoms with van der Waals surface area (Å²) in [5, 5.41) is 16.7. The number of aliphatic hydroxyl groups excluding tert-OH is 2. The van der Waals surface area contributed by atoms with Crippen molar-refractivity contribution in [1.82, 2.24) is 4.72 Å². The van der Waals surface area contributed by atoms with Crippen LogP contribution in [-0.2, 0) is 33.7 Å². The van der Waals surface area contributed by atoms with Gasteiger partial charge in [-0.15, -0.1) is 0 Å². The summed E-state index contributed by atoms with van der Waals surface area (Å²) in [5.41, 5.74) is -10.8. The van der Waals surface area contributed by atoms with Crippen LogP contribution in [0, 0.1) is 0 Å². The van der Waals surface area contributed by atoms with Crippen molar-refractivity contribution in [1.29, 1.82) is 0 Å². The normalized spacial score (nSPS) is 13.8. The molecule has 0 aromatic heterocycles. The average Bonchev–Trinajstić information content (AvgIpc) is 2.94. The molecule has 0 aromatic rings. The fourth-order valence-corrected chi connectivity index (χ4v) is 4.00. The van der Waals surface area contributed by atoms with Crippen LogP contribution in [0.4, 0.5) is 61.5 Å². The zero-order valence-corrected chi connectivity index (χ0v) is 25.8. The highest BCUT2D eigenvalue weighted by Gasteiger charge is 2.72. The number of aliphatic hydroxyl groups is 2. The lowest BCUT2D eigenvalue weighted by Crippen LogP contribution is -2.54. The Morgan fingerprint density at radius 2 is 0.771 bits per heavy atom. The molecule has 0 aliphatic carbocycles. The van der Waals surface area contributed by atoms with Crippen LogP contribution in [-0.4, -0.2) is 146 Å². The molecule has 0 unspecified atom stereocenters. The minimum Gasteiger partial charge on any atom is -0.395 e. The number of rotatable bonds is 24. The summed E-state index contributed by atoms with van der Waals surface area (Å²) in [6.07, 6.45) is -29.5. The zero-order chi connectivity index (χ0) is 37.8. The largest absolute Gasteiger partial charge is 0.431 e. The first-order valence-corrected chi connectivity index (χ1v) is 15.2. The number of hydrogen-bond donors (Lipinski definition) is 3. The summed E-state index contributed by atoms with van der Waals surface area (Å²) >= 11 is 0. The van der Waals surface area contributed by atoms with E-state index >= 15 is 0 Å². The van der Waals surface area contributed by atoms with E-state index in [1.807, 2.05) is 0 Å². The predicted octanol–water partition coefficient (Wildman–Crippen LogP) is 3.80. The predicted molar refractivity (Wildman–Crippen MR) is 136 cm³/mol. The van der Waals surface area contributed by atoms with Gasteiger partial charge in [0.25, 0.3) is 11.3 Å². The van der Waals surface area contributed by atoms with Crippen LogP contribution < -0.4 is 4.72 Å². The third-order valence-electron chi connectivity index (χ3n) is 5.48. The highest BCUT2D eigenvalue weighted by molar-refractivity contribution is 7.89. The number of hydrogen-bond acceptors (Lipinski definition) is 9. The third-order valence-corrected chi connectivity index (χ3v) is 6.87. The molecule has 0 bridgehead atoms. The van der Waals surface area contributed by atoms with Gasteiger partial charge in [-0.3, -0.25) is 0 Å². The molecule has 48 heavy (non-hydrogen) atoms. The molecule has 10 nitrogen and oxygen atoms in total. The van der Waals surface area contributed by atoms with Crippen LogP contribution in [0.2, 0.25) is 0 Å². The van der Waals surface area contributed by atoms with E-state index in [9.17, 15) is 69.9 Å². The molecule has 0 saturated heterocycles. The molecule has 292 valence electrons. The van der Waals surface area contributed by atoms with Crippen molar-refractivity contribution < 1.29 is 104 Å². The SMILES string of the molecule is O=S(=O)(CCC(F)(C(F)(F)F)C(F)(F)F)NCCO.OCCOCCOCCOCCOCCOCCCC(F)(C(F)(F)F)C(F)(F)F.